The summed E-state index contributed by atoms with van der Waals surface area (Å²) >= 11 is 1.65. The van der Waals surface area contributed by atoms with Crippen molar-refractivity contribution in [2.24, 2.45) is 0 Å². The first kappa shape index (κ1) is 15.4. The Morgan fingerprint density at radius 2 is 1.90 bits per heavy atom. The minimum atomic E-state index is -1.02. The van der Waals surface area contributed by atoms with E-state index < -0.39 is 10.8 Å². The van der Waals surface area contributed by atoms with Crippen molar-refractivity contribution >= 4 is 22.1 Å². The molecule has 1 heterocycles. The Morgan fingerprint density at radius 1 is 1.20 bits per heavy atom. The van der Waals surface area contributed by atoms with E-state index in [1.165, 1.54) is 11.1 Å². The molecule has 0 saturated heterocycles. The van der Waals surface area contributed by atoms with Crippen LogP contribution in [0.4, 0.5) is 0 Å². The Balaban J connectivity index is 2.15. The molecule has 2 nitrogen and oxygen atoms in total. The van der Waals surface area contributed by atoms with Crippen molar-refractivity contribution in [3.8, 4) is 0 Å². The molecule has 0 amide bonds. The van der Waals surface area contributed by atoms with Gasteiger partial charge in [0.25, 0.3) is 0 Å². The Bertz CT molecular complexity index is 638. The van der Waals surface area contributed by atoms with E-state index in [1.54, 1.807) is 11.3 Å². The lowest BCUT2D eigenvalue weighted by atomic mass is 9.98. The number of aryl methyl sites for hydroxylation is 2. The van der Waals surface area contributed by atoms with Crippen LogP contribution in [0.25, 0.3) is 0 Å². The lowest BCUT2D eigenvalue weighted by Crippen LogP contribution is -2.10. The molecule has 0 spiro atoms. The van der Waals surface area contributed by atoms with Crippen LogP contribution in [-0.4, -0.2) is 9.19 Å². The quantitative estimate of drug-likeness (QED) is 0.843. The van der Waals surface area contributed by atoms with Crippen molar-refractivity contribution in [3.05, 3.63) is 45.4 Å². The molecule has 0 bridgehead atoms. The molecule has 0 saturated carbocycles. The SMILES string of the molecule is Cc1ccc([S@@](=O)Cc2csc(C(C)(C)C)n2)cc1C. The lowest BCUT2D eigenvalue weighted by Gasteiger charge is -2.13. The van der Waals surface area contributed by atoms with Crippen molar-refractivity contribution in [3.63, 3.8) is 0 Å². The highest BCUT2D eigenvalue weighted by molar-refractivity contribution is 7.84. The van der Waals surface area contributed by atoms with E-state index in [1.807, 2.05) is 23.6 Å². The number of hydrogen-bond donors (Lipinski definition) is 0. The van der Waals surface area contributed by atoms with Gasteiger partial charge in [0.05, 0.1) is 27.3 Å². The second-order valence-corrected chi connectivity index (χ2v) is 8.44. The zero-order valence-corrected chi connectivity index (χ0v) is 14.3. The van der Waals surface area contributed by atoms with E-state index in [-0.39, 0.29) is 5.41 Å². The van der Waals surface area contributed by atoms with Crippen LogP contribution in [0.3, 0.4) is 0 Å². The Kier molecular flexibility index (Phi) is 4.45. The van der Waals surface area contributed by atoms with Gasteiger partial charge in [-0.3, -0.25) is 4.21 Å². The summed E-state index contributed by atoms with van der Waals surface area (Å²) in [4.78, 5) is 5.50. The molecule has 2 aromatic rings. The Morgan fingerprint density at radius 3 is 2.45 bits per heavy atom. The summed E-state index contributed by atoms with van der Waals surface area (Å²) in [6.07, 6.45) is 0. The molecule has 1 atom stereocenters. The first-order valence-corrected chi connectivity index (χ1v) is 8.88. The molecular formula is C16H21NOS2. The van der Waals surface area contributed by atoms with Crippen molar-refractivity contribution in [2.45, 2.75) is 50.7 Å². The Hall–Kier alpha value is -1.00. The zero-order chi connectivity index (χ0) is 14.9. The van der Waals surface area contributed by atoms with E-state index in [9.17, 15) is 4.21 Å². The number of benzene rings is 1. The van der Waals surface area contributed by atoms with Gasteiger partial charge in [0.2, 0.25) is 0 Å². The van der Waals surface area contributed by atoms with Crippen LogP contribution in [0.15, 0.2) is 28.5 Å². The van der Waals surface area contributed by atoms with Crippen molar-refractivity contribution in [1.82, 2.24) is 4.98 Å². The largest absolute Gasteiger partial charge is 0.254 e. The third-order valence-corrected chi connectivity index (χ3v) is 5.87. The van der Waals surface area contributed by atoms with Crippen LogP contribution in [0, 0.1) is 13.8 Å². The van der Waals surface area contributed by atoms with E-state index in [0.29, 0.717) is 5.75 Å². The van der Waals surface area contributed by atoms with Gasteiger partial charge >= 0.3 is 0 Å². The van der Waals surface area contributed by atoms with Gasteiger partial charge in [-0.05, 0) is 37.1 Å². The fourth-order valence-corrected chi connectivity index (χ4v) is 3.91. The number of rotatable bonds is 3. The van der Waals surface area contributed by atoms with Crippen LogP contribution in [0.2, 0.25) is 0 Å². The highest BCUT2D eigenvalue weighted by Crippen LogP contribution is 2.26. The summed E-state index contributed by atoms with van der Waals surface area (Å²) < 4.78 is 12.4. The molecule has 0 N–H and O–H groups in total. The molecule has 2 rings (SSSR count). The molecule has 1 aromatic heterocycles. The maximum absolute atomic E-state index is 12.4. The summed E-state index contributed by atoms with van der Waals surface area (Å²) in [6.45, 7) is 10.6. The predicted molar refractivity (Wildman–Crippen MR) is 86.8 cm³/mol. The summed E-state index contributed by atoms with van der Waals surface area (Å²) in [5.74, 6) is 0.495. The van der Waals surface area contributed by atoms with E-state index >= 15 is 0 Å². The Labute approximate surface area is 127 Å². The molecule has 0 aliphatic rings. The third-order valence-electron chi connectivity index (χ3n) is 3.21. The minimum Gasteiger partial charge on any atom is -0.254 e. The molecule has 1 aromatic carbocycles. The molecule has 0 aliphatic carbocycles. The molecule has 0 fully saturated rings. The fourth-order valence-electron chi connectivity index (χ4n) is 1.79. The maximum Gasteiger partial charge on any atom is 0.0982 e. The first-order chi connectivity index (χ1) is 9.27. The highest BCUT2D eigenvalue weighted by atomic mass is 32.2. The molecule has 4 heteroatoms. The normalized spacial score (nSPS) is 13.4. The molecule has 0 aliphatic heterocycles. The van der Waals surface area contributed by atoms with Crippen LogP contribution in [-0.2, 0) is 22.0 Å². The standard InChI is InChI=1S/C16H21NOS2/c1-11-6-7-14(8-12(11)2)20(18)10-13-9-19-15(17-13)16(3,4)5/h6-9H,10H2,1-5H3/t20-/m0/s1. The molecule has 0 unspecified atom stereocenters. The maximum atomic E-state index is 12.4. The van der Waals surface area contributed by atoms with E-state index in [0.717, 1.165) is 15.6 Å². The lowest BCUT2D eigenvalue weighted by molar-refractivity contribution is 0.583. The molecule has 20 heavy (non-hydrogen) atoms. The summed E-state index contributed by atoms with van der Waals surface area (Å²) in [5, 5.41) is 3.13. The minimum absolute atomic E-state index is 0.0604. The van der Waals surface area contributed by atoms with Crippen LogP contribution >= 0.6 is 11.3 Å². The van der Waals surface area contributed by atoms with Gasteiger partial charge in [-0.2, -0.15) is 0 Å². The molecule has 108 valence electrons. The first-order valence-electron chi connectivity index (χ1n) is 6.68. The van der Waals surface area contributed by atoms with Crippen molar-refractivity contribution in [2.75, 3.05) is 0 Å². The van der Waals surface area contributed by atoms with Gasteiger partial charge in [0, 0.05) is 15.7 Å². The van der Waals surface area contributed by atoms with Gasteiger partial charge in [-0.25, -0.2) is 4.98 Å². The van der Waals surface area contributed by atoms with Crippen LogP contribution < -0.4 is 0 Å². The molecular weight excluding hydrogens is 286 g/mol. The number of nitrogens with zero attached hydrogens (tertiary/aromatic N) is 1. The number of aromatic nitrogens is 1. The number of hydrogen-bond acceptors (Lipinski definition) is 3. The highest BCUT2D eigenvalue weighted by Gasteiger charge is 2.18. The smallest absolute Gasteiger partial charge is 0.0982 e. The predicted octanol–water partition coefficient (Wildman–Crippen LogP) is 4.37. The summed E-state index contributed by atoms with van der Waals surface area (Å²) in [6, 6.07) is 6.00. The van der Waals surface area contributed by atoms with Gasteiger partial charge in [-0.15, -0.1) is 11.3 Å². The fraction of sp³-hybridized carbons (Fsp3) is 0.438. The van der Waals surface area contributed by atoms with Gasteiger partial charge < -0.3 is 0 Å². The molecule has 0 radical (unpaired) electrons. The van der Waals surface area contributed by atoms with Crippen LogP contribution in [0.5, 0.6) is 0 Å². The zero-order valence-electron chi connectivity index (χ0n) is 12.7. The van der Waals surface area contributed by atoms with Gasteiger partial charge in [0.1, 0.15) is 0 Å². The van der Waals surface area contributed by atoms with Crippen LogP contribution in [0.1, 0.15) is 42.6 Å². The average molecular weight is 307 g/mol. The van der Waals surface area contributed by atoms with E-state index in [4.69, 9.17) is 0 Å². The second kappa shape index (κ2) is 5.78. The van der Waals surface area contributed by atoms with Crippen molar-refractivity contribution < 1.29 is 4.21 Å². The van der Waals surface area contributed by atoms with Gasteiger partial charge in [-0.1, -0.05) is 26.8 Å². The number of thiazole rings is 1. The summed E-state index contributed by atoms with van der Waals surface area (Å²) in [5.41, 5.74) is 3.40. The third kappa shape index (κ3) is 3.55. The topological polar surface area (TPSA) is 30.0 Å². The second-order valence-electron chi connectivity index (χ2n) is 6.13. The van der Waals surface area contributed by atoms with E-state index in [2.05, 4.69) is 39.6 Å². The monoisotopic (exact) mass is 307 g/mol. The van der Waals surface area contributed by atoms with Crippen molar-refractivity contribution in [1.29, 1.82) is 0 Å². The summed E-state index contributed by atoms with van der Waals surface area (Å²) in [7, 11) is -1.02. The average Bonchev–Trinajstić information content (AvgIpc) is 2.81. The van der Waals surface area contributed by atoms with Gasteiger partial charge in [0.15, 0.2) is 0 Å².